The zero-order valence-corrected chi connectivity index (χ0v) is 18.2. The van der Waals surface area contributed by atoms with Crippen molar-refractivity contribution in [1.82, 2.24) is 0 Å². The maximum absolute atomic E-state index is 13.8. The summed E-state index contributed by atoms with van der Waals surface area (Å²) in [6, 6.07) is 0. The predicted octanol–water partition coefficient (Wildman–Crippen LogP) is 9.40. The van der Waals surface area contributed by atoms with Gasteiger partial charge in [-0.05, 0) is 18.9 Å². The molecule has 0 fully saturated rings. The number of halogens is 16. The minimum Gasteiger partial charge on any atom is -0.200 e. The van der Waals surface area contributed by atoms with Crippen molar-refractivity contribution in [3.8, 4) is 0 Å². The fourth-order valence-corrected chi connectivity index (χ4v) is 2.66. The fraction of sp³-hybridized carbons (Fsp3) is 0.895. The molecule has 0 rings (SSSR count). The van der Waals surface area contributed by atoms with Crippen LogP contribution >= 0.6 is 0 Å². The van der Waals surface area contributed by atoms with Crippen LogP contribution in [-0.2, 0) is 0 Å². The second kappa shape index (κ2) is 10.5. The Balaban J connectivity index is 6.49. The highest BCUT2D eigenvalue weighted by atomic mass is 19.4. The second-order valence-corrected chi connectivity index (χ2v) is 7.78. The summed E-state index contributed by atoms with van der Waals surface area (Å²) in [4.78, 5) is 0. The molecule has 35 heavy (non-hydrogen) atoms. The van der Waals surface area contributed by atoms with Crippen LogP contribution in [0.25, 0.3) is 0 Å². The van der Waals surface area contributed by atoms with Crippen LogP contribution in [0.5, 0.6) is 0 Å². The highest BCUT2D eigenvalue weighted by molar-refractivity contribution is 5.18. The average molecular weight is 554 g/mol. The quantitative estimate of drug-likeness (QED) is 0.108. The van der Waals surface area contributed by atoms with Crippen LogP contribution in [0.1, 0.15) is 58.8 Å². The van der Waals surface area contributed by atoms with Crippen LogP contribution in [0.2, 0.25) is 0 Å². The summed E-state index contributed by atoms with van der Waals surface area (Å²) in [6.07, 6.45) is -4.89. The molecule has 0 aromatic carbocycles. The van der Waals surface area contributed by atoms with Crippen LogP contribution < -0.4 is 0 Å². The van der Waals surface area contributed by atoms with E-state index in [1.165, 1.54) is 13.8 Å². The molecule has 0 aromatic heterocycles. The molecule has 0 heterocycles. The SMILES string of the molecule is CCC/C=C/C(F)(F)C(F)(F)C(F)(F)C(F)(F)C(F)(F)C(F)(F)C(F)(F)C(F)(F)CCCCCC. The molecule has 0 amide bonds. The summed E-state index contributed by atoms with van der Waals surface area (Å²) < 4.78 is 219. The minimum absolute atomic E-state index is 0.0577. The van der Waals surface area contributed by atoms with E-state index in [0.717, 1.165) is 0 Å². The van der Waals surface area contributed by atoms with Crippen LogP contribution in [0.15, 0.2) is 12.2 Å². The Morgan fingerprint density at radius 1 is 0.457 bits per heavy atom. The lowest BCUT2D eigenvalue weighted by Crippen LogP contribution is -2.74. The first-order valence-corrected chi connectivity index (χ1v) is 10.1. The van der Waals surface area contributed by atoms with E-state index in [2.05, 4.69) is 0 Å². The third-order valence-corrected chi connectivity index (χ3v) is 4.98. The van der Waals surface area contributed by atoms with E-state index in [0.29, 0.717) is 6.42 Å². The number of alkyl halides is 16. The molecule has 0 spiro atoms. The van der Waals surface area contributed by atoms with Gasteiger partial charge in [0.15, 0.2) is 0 Å². The molecule has 0 bridgehead atoms. The van der Waals surface area contributed by atoms with Gasteiger partial charge in [0.25, 0.3) is 0 Å². The third kappa shape index (κ3) is 5.49. The first-order valence-electron chi connectivity index (χ1n) is 10.1. The average Bonchev–Trinajstić information content (AvgIpc) is 2.70. The van der Waals surface area contributed by atoms with Crippen molar-refractivity contribution in [2.45, 2.75) is 106 Å². The molecule has 0 saturated carbocycles. The summed E-state index contributed by atoms with van der Waals surface area (Å²) >= 11 is 0. The van der Waals surface area contributed by atoms with Gasteiger partial charge in [-0.3, -0.25) is 0 Å². The first-order chi connectivity index (χ1) is 15.4. The fourth-order valence-electron chi connectivity index (χ4n) is 2.66. The van der Waals surface area contributed by atoms with E-state index >= 15 is 0 Å². The Morgan fingerprint density at radius 3 is 1.26 bits per heavy atom. The van der Waals surface area contributed by atoms with E-state index < -0.39 is 72.7 Å². The normalized spacial score (nSPS) is 15.8. The van der Waals surface area contributed by atoms with Crippen molar-refractivity contribution in [2.75, 3.05) is 0 Å². The molecular formula is C19H22F16. The van der Waals surface area contributed by atoms with Crippen LogP contribution in [0, 0.1) is 0 Å². The number of unbranched alkanes of at least 4 members (excludes halogenated alkanes) is 4. The van der Waals surface area contributed by atoms with Crippen molar-refractivity contribution < 1.29 is 70.2 Å². The molecule has 0 nitrogen and oxygen atoms in total. The lowest BCUT2D eigenvalue weighted by molar-refractivity contribution is -0.451. The molecule has 0 atom stereocenters. The van der Waals surface area contributed by atoms with Gasteiger partial charge >= 0.3 is 47.4 Å². The zero-order chi connectivity index (χ0) is 28.4. The van der Waals surface area contributed by atoms with Crippen molar-refractivity contribution in [1.29, 1.82) is 0 Å². The van der Waals surface area contributed by atoms with E-state index in [1.54, 1.807) is 0 Å². The minimum atomic E-state index is -8.36. The molecule has 16 heteroatoms. The lowest BCUT2D eigenvalue weighted by Gasteiger charge is -2.43. The van der Waals surface area contributed by atoms with Gasteiger partial charge in [-0.25, -0.2) is 0 Å². The topological polar surface area (TPSA) is 0 Å². The Kier molecular flexibility index (Phi) is 10.1. The monoisotopic (exact) mass is 554 g/mol. The molecule has 0 radical (unpaired) electrons. The summed E-state index contributed by atoms with van der Waals surface area (Å²) in [5.41, 5.74) is 0. The number of hydrogen-bond acceptors (Lipinski definition) is 0. The molecule has 0 aliphatic rings. The van der Waals surface area contributed by atoms with Crippen LogP contribution in [0.4, 0.5) is 70.2 Å². The Labute approximate surface area is 189 Å². The summed E-state index contributed by atoms with van der Waals surface area (Å²) in [5.74, 6) is -60.5. The Morgan fingerprint density at radius 2 is 0.857 bits per heavy atom. The van der Waals surface area contributed by atoms with Gasteiger partial charge in [-0.1, -0.05) is 45.6 Å². The maximum atomic E-state index is 13.8. The van der Waals surface area contributed by atoms with Gasteiger partial charge in [0.1, 0.15) is 0 Å². The van der Waals surface area contributed by atoms with Gasteiger partial charge in [0.2, 0.25) is 0 Å². The van der Waals surface area contributed by atoms with E-state index in [9.17, 15) is 70.2 Å². The lowest BCUT2D eigenvalue weighted by atomic mass is 9.86. The van der Waals surface area contributed by atoms with Gasteiger partial charge in [-0.15, -0.1) is 0 Å². The largest absolute Gasteiger partial charge is 0.385 e. The van der Waals surface area contributed by atoms with Crippen molar-refractivity contribution in [3.05, 3.63) is 12.2 Å². The first kappa shape index (κ1) is 33.6. The summed E-state index contributed by atoms with van der Waals surface area (Å²) in [7, 11) is 0. The standard InChI is InChI=1S/C19H22F16/c1-3-5-7-9-11-13(22,23)15(26,27)17(30,31)19(34,35)18(32,33)16(28,29)14(24,25)12(20,21)10-8-6-4-2/h8,10H,3-7,9,11H2,1-2H3/b10-8+. The molecule has 0 aliphatic heterocycles. The highest BCUT2D eigenvalue weighted by Gasteiger charge is 2.94. The van der Waals surface area contributed by atoms with E-state index in [1.807, 2.05) is 0 Å². The molecule has 0 aliphatic carbocycles. The van der Waals surface area contributed by atoms with Crippen LogP contribution in [0.3, 0.4) is 0 Å². The van der Waals surface area contributed by atoms with Crippen molar-refractivity contribution in [3.63, 3.8) is 0 Å². The van der Waals surface area contributed by atoms with Gasteiger partial charge in [-0.2, -0.15) is 70.2 Å². The molecule has 210 valence electrons. The number of hydrogen-bond donors (Lipinski definition) is 0. The molecule has 0 unspecified atom stereocenters. The van der Waals surface area contributed by atoms with Gasteiger partial charge in [0, 0.05) is 6.42 Å². The summed E-state index contributed by atoms with van der Waals surface area (Å²) in [5, 5.41) is 0. The number of allylic oxidation sites excluding steroid dienone is 2. The predicted molar refractivity (Wildman–Crippen MR) is 92.4 cm³/mol. The molecule has 0 N–H and O–H groups in total. The Hall–Kier alpha value is -1.38. The third-order valence-electron chi connectivity index (χ3n) is 4.98. The van der Waals surface area contributed by atoms with Gasteiger partial charge < -0.3 is 0 Å². The van der Waals surface area contributed by atoms with Gasteiger partial charge in [0.05, 0.1) is 0 Å². The van der Waals surface area contributed by atoms with E-state index in [-0.39, 0.29) is 25.3 Å². The maximum Gasteiger partial charge on any atom is 0.385 e. The zero-order valence-electron chi connectivity index (χ0n) is 18.2. The van der Waals surface area contributed by atoms with Crippen molar-refractivity contribution in [2.24, 2.45) is 0 Å². The summed E-state index contributed by atoms with van der Waals surface area (Å²) in [6.45, 7) is 2.74. The molecule has 0 saturated heterocycles. The van der Waals surface area contributed by atoms with Crippen LogP contribution in [-0.4, -0.2) is 47.4 Å². The molecular weight excluding hydrogens is 532 g/mol. The second-order valence-electron chi connectivity index (χ2n) is 7.78. The number of rotatable bonds is 15. The smallest absolute Gasteiger partial charge is 0.200 e. The van der Waals surface area contributed by atoms with E-state index in [4.69, 9.17) is 0 Å². The van der Waals surface area contributed by atoms with Crippen molar-refractivity contribution >= 4 is 0 Å². The highest BCUT2D eigenvalue weighted by Crippen LogP contribution is 2.64. The molecule has 0 aromatic rings. The Bertz CT molecular complexity index is 708.